The zero-order chi connectivity index (χ0) is 31.8. The van der Waals surface area contributed by atoms with Crippen LogP contribution in [0.2, 0.25) is 0 Å². The average Bonchev–Trinajstić information content (AvgIpc) is 3.51. The third kappa shape index (κ3) is 9.93. The van der Waals surface area contributed by atoms with E-state index in [1.54, 1.807) is 0 Å². The van der Waals surface area contributed by atoms with Crippen molar-refractivity contribution in [1.29, 1.82) is 0 Å². The van der Waals surface area contributed by atoms with Gasteiger partial charge in [-0.1, -0.05) is 51.1 Å². The topological polar surface area (TPSA) is 81.2 Å². The molecule has 0 bridgehead atoms. The molecule has 0 radical (unpaired) electrons. The fourth-order valence-electron chi connectivity index (χ4n) is 5.82. The molecule has 1 aliphatic carbocycles. The standard InChI is InChI=1S/C37H47N5O2S/c1-25-11-9-16-32(19-25)45-42-36-40-33(35-26(2)12-10-13-27(35)3)20-34(41-36)43-24-29(21-37(4,5)6)38-22-28-17-18-31(23-39-28)44-30-14-7-8-15-30/h9-13,16-20,23,29-30,38H,7-8,14-15,21-22,24H2,1-6H3,(H,40,41,42). The van der Waals surface area contributed by atoms with Crippen molar-refractivity contribution in [2.75, 3.05) is 11.3 Å². The molecule has 2 N–H and O–H groups in total. The smallest absolute Gasteiger partial charge is 0.237 e. The molecule has 4 aromatic rings. The van der Waals surface area contributed by atoms with Gasteiger partial charge in [0.25, 0.3) is 0 Å². The normalized spacial score (nSPS) is 14.4. The van der Waals surface area contributed by atoms with E-state index >= 15 is 0 Å². The molecule has 2 aromatic carbocycles. The number of anilines is 1. The van der Waals surface area contributed by atoms with Crippen molar-refractivity contribution in [3.63, 3.8) is 0 Å². The van der Waals surface area contributed by atoms with Crippen LogP contribution < -0.4 is 19.5 Å². The van der Waals surface area contributed by atoms with E-state index in [-0.39, 0.29) is 11.5 Å². The van der Waals surface area contributed by atoms with Crippen LogP contribution in [-0.4, -0.2) is 33.7 Å². The molecule has 238 valence electrons. The molecule has 2 heterocycles. The number of hydrogen-bond donors (Lipinski definition) is 2. The number of hydrogen-bond acceptors (Lipinski definition) is 8. The summed E-state index contributed by atoms with van der Waals surface area (Å²) < 4.78 is 15.9. The first kappa shape index (κ1) is 32.8. The molecule has 45 heavy (non-hydrogen) atoms. The Morgan fingerprint density at radius 1 is 0.933 bits per heavy atom. The third-order valence-corrected chi connectivity index (χ3v) is 8.73. The summed E-state index contributed by atoms with van der Waals surface area (Å²) in [7, 11) is 0. The highest BCUT2D eigenvalue weighted by molar-refractivity contribution is 8.00. The van der Waals surface area contributed by atoms with Crippen LogP contribution in [0.3, 0.4) is 0 Å². The molecule has 8 heteroatoms. The molecule has 1 saturated carbocycles. The van der Waals surface area contributed by atoms with Crippen LogP contribution in [-0.2, 0) is 6.54 Å². The Morgan fingerprint density at radius 2 is 1.69 bits per heavy atom. The maximum atomic E-state index is 6.45. The Morgan fingerprint density at radius 3 is 2.38 bits per heavy atom. The van der Waals surface area contributed by atoms with Crippen LogP contribution >= 0.6 is 11.9 Å². The minimum absolute atomic E-state index is 0.0953. The van der Waals surface area contributed by atoms with Gasteiger partial charge in [-0.05, 0) is 111 Å². The SMILES string of the molecule is Cc1cccc(SNc2nc(OCC(CC(C)(C)C)NCc3ccc(OC4CCCC4)cn3)cc(-c3c(C)cccc3C)n2)c1. The van der Waals surface area contributed by atoms with Crippen molar-refractivity contribution >= 4 is 17.9 Å². The van der Waals surface area contributed by atoms with Gasteiger partial charge in [-0.15, -0.1) is 0 Å². The Labute approximate surface area is 273 Å². The van der Waals surface area contributed by atoms with Gasteiger partial charge in [0.15, 0.2) is 0 Å². The van der Waals surface area contributed by atoms with Gasteiger partial charge in [-0.25, -0.2) is 4.98 Å². The maximum absolute atomic E-state index is 6.45. The van der Waals surface area contributed by atoms with E-state index in [0.29, 0.717) is 31.1 Å². The van der Waals surface area contributed by atoms with E-state index < -0.39 is 0 Å². The summed E-state index contributed by atoms with van der Waals surface area (Å²) in [6, 6.07) is 20.8. The molecule has 0 spiro atoms. The molecular formula is C37H47N5O2S. The minimum Gasteiger partial charge on any atom is -0.489 e. The predicted octanol–water partition coefficient (Wildman–Crippen LogP) is 8.88. The molecular weight excluding hydrogens is 579 g/mol. The summed E-state index contributed by atoms with van der Waals surface area (Å²) in [6.45, 7) is 14.2. The first-order valence-electron chi connectivity index (χ1n) is 16.0. The third-order valence-electron chi connectivity index (χ3n) is 7.96. The second kappa shape index (κ2) is 15.1. The summed E-state index contributed by atoms with van der Waals surface area (Å²) >= 11 is 1.50. The number of aromatic nitrogens is 3. The molecule has 2 aromatic heterocycles. The minimum atomic E-state index is 0.0953. The van der Waals surface area contributed by atoms with Gasteiger partial charge in [0.2, 0.25) is 11.8 Å². The number of nitrogens with one attached hydrogen (secondary N) is 2. The van der Waals surface area contributed by atoms with E-state index in [4.69, 9.17) is 19.4 Å². The van der Waals surface area contributed by atoms with E-state index in [0.717, 1.165) is 58.0 Å². The fourth-order valence-corrected chi connectivity index (χ4v) is 6.51. The van der Waals surface area contributed by atoms with Crippen molar-refractivity contribution in [1.82, 2.24) is 20.3 Å². The van der Waals surface area contributed by atoms with Gasteiger partial charge in [0.05, 0.1) is 23.7 Å². The highest BCUT2D eigenvalue weighted by Gasteiger charge is 2.21. The molecule has 5 rings (SSSR count). The molecule has 1 aliphatic rings. The van der Waals surface area contributed by atoms with E-state index in [2.05, 4.69) is 105 Å². The van der Waals surface area contributed by atoms with Gasteiger partial charge < -0.3 is 14.8 Å². The monoisotopic (exact) mass is 625 g/mol. The highest BCUT2D eigenvalue weighted by Crippen LogP contribution is 2.31. The lowest BCUT2D eigenvalue weighted by atomic mass is 9.88. The van der Waals surface area contributed by atoms with Crippen LogP contribution in [0.25, 0.3) is 11.3 Å². The number of benzene rings is 2. The Bertz CT molecular complexity index is 1530. The summed E-state index contributed by atoms with van der Waals surface area (Å²) in [4.78, 5) is 15.5. The number of rotatable bonds is 13. The summed E-state index contributed by atoms with van der Waals surface area (Å²) in [6.07, 6.45) is 7.90. The average molecular weight is 626 g/mol. The van der Waals surface area contributed by atoms with Gasteiger partial charge in [0.1, 0.15) is 12.4 Å². The molecule has 0 saturated heterocycles. The summed E-state index contributed by atoms with van der Waals surface area (Å²) in [5, 5.41) is 3.70. The molecule has 0 amide bonds. The lowest BCUT2D eigenvalue weighted by Gasteiger charge is -2.27. The molecule has 1 atom stereocenters. The van der Waals surface area contributed by atoms with E-state index in [1.807, 2.05) is 18.3 Å². The second-order valence-electron chi connectivity index (χ2n) is 13.4. The lowest BCUT2D eigenvalue weighted by molar-refractivity contribution is 0.207. The number of pyridine rings is 1. The lowest BCUT2D eigenvalue weighted by Crippen LogP contribution is -2.37. The zero-order valence-corrected chi connectivity index (χ0v) is 28.3. The maximum Gasteiger partial charge on any atom is 0.237 e. The van der Waals surface area contributed by atoms with Gasteiger partial charge >= 0.3 is 0 Å². The van der Waals surface area contributed by atoms with Crippen LogP contribution in [0.15, 0.2) is 71.8 Å². The van der Waals surface area contributed by atoms with Crippen molar-refractivity contribution in [2.45, 2.75) is 97.2 Å². The Kier molecular flexibility index (Phi) is 11.0. The van der Waals surface area contributed by atoms with Crippen molar-refractivity contribution in [2.24, 2.45) is 5.41 Å². The van der Waals surface area contributed by atoms with E-state index in [9.17, 15) is 0 Å². The Hall–Kier alpha value is -3.62. The van der Waals surface area contributed by atoms with Crippen molar-refractivity contribution in [3.8, 4) is 22.9 Å². The van der Waals surface area contributed by atoms with Crippen molar-refractivity contribution < 1.29 is 9.47 Å². The fraction of sp³-hybridized carbons (Fsp3) is 0.432. The predicted molar refractivity (Wildman–Crippen MR) is 185 cm³/mol. The van der Waals surface area contributed by atoms with Crippen LogP contribution in [0.4, 0.5) is 5.95 Å². The quantitative estimate of drug-likeness (QED) is 0.143. The molecule has 0 aliphatic heterocycles. The van der Waals surface area contributed by atoms with Crippen LogP contribution in [0.1, 0.15) is 75.3 Å². The highest BCUT2D eigenvalue weighted by atomic mass is 32.2. The van der Waals surface area contributed by atoms with Gasteiger partial charge in [-0.2, -0.15) is 4.98 Å². The largest absolute Gasteiger partial charge is 0.489 e. The van der Waals surface area contributed by atoms with E-state index in [1.165, 1.54) is 30.4 Å². The molecule has 1 unspecified atom stereocenters. The number of aryl methyl sites for hydroxylation is 3. The zero-order valence-electron chi connectivity index (χ0n) is 27.5. The second-order valence-corrected chi connectivity index (χ2v) is 14.2. The van der Waals surface area contributed by atoms with Crippen molar-refractivity contribution in [3.05, 3.63) is 89.2 Å². The number of ether oxygens (including phenoxy) is 2. The summed E-state index contributed by atoms with van der Waals surface area (Å²) in [5.74, 6) is 1.91. The first-order valence-corrected chi connectivity index (χ1v) is 16.9. The summed E-state index contributed by atoms with van der Waals surface area (Å²) in [5.41, 5.74) is 6.56. The van der Waals surface area contributed by atoms with Gasteiger partial charge in [0, 0.05) is 29.1 Å². The van der Waals surface area contributed by atoms with Crippen LogP contribution in [0, 0.1) is 26.2 Å². The molecule has 1 fully saturated rings. The van der Waals surface area contributed by atoms with Crippen LogP contribution in [0.5, 0.6) is 11.6 Å². The Balaban J connectivity index is 1.30. The van der Waals surface area contributed by atoms with Gasteiger partial charge in [-0.3, -0.25) is 9.71 Å². The number of nitrogens with zero attached hydrogens (tertiary/aromatic N) is 3. The molecule has 7 nitrogen and oxygen atoms in total. The first-order chi connectivity index (χ1) is 21.6.